The number of rotatable bonds is 10. The van der Waals surface area contributed by atoms with E-state index in [4.69, 9.17) is 0 Å². The van der Waals surface area contributed by atoms with E-state index in [9.17, 15) is 9.59 Å². The number of carbonyl (C=O) groups excluding carboxylic acids is 2. The zero-order chi connectivity index (χ0) is 21.3. The van der Waals surface area contributed by atoms with Crippen LogP contribution in [0.4, 0.5) is 5.69 Å². The first-order chi connectivity index (χ1) is 14.6. The number of aromatic nitrogens is 1. The number of benzene rings is 2. The van der Waals surface area contributed by atoms with Gasteiger partial charge in [0.15, 0.2) is 0 Å². The molecule has 6 heteroatoms. The maximum Gasteiger partial charge on any atom is 0.238 e. The lowest BCUT2D eigenvalue weighted by Gasteiger charge is -2.21. The molecule has 6 nitrogen and oxygen atoms in total. The number of aryl methyl sites for hydroxylation is 1. The van der Waals surface area contributed by atoms with Crippen molar-refractivity contribution in [3.05, 3.63) is 65.9 Å². The zero-order valence-electron chi connectivity index (χ0n) is 17.7. The monoisotopic (exact) mass is 406 g/mol. The van der Waals surface area contributed by atoms with Crippen LogP contribution < -0.4 is 10.6 Å². The lowest BCUT2D eigenvalue weighted by Crippen LogP contribution is -2.42. The van der Waals surface area contributed by atoms with E-state index in [2.05, 4.69) is 21.7 Å². The van der Waals surface area contributed by atoms with Crippen LogP contribution in [-0.4, -0.2) is 47.9 Å². The quantitative estimate of drug-likeness (QED) is 0.482. The molecule has 1 heterocycles. The minimum Gasteiger partial charge on any atom is -0.361 e. The molecule has 30 heavy (non-hydrogen) atoms. The van der Waals surface area contributed by atoms with Crippen LogP contribution >= 0.6 is 0 Å². The Morgan fingerprint density at radius 2 is 1.73 bits per heavy atom. The van der Waals surface area contributed by atoms with E-state index in [1.165, 1.54) is 10.9 Å². The average Bonchev–Trinajstić information content (AvgIpc) is 3.13. The number of nitrogens with one attached hydrogen (secondary N) is 3. The summed E-state index contributed by atoms with van der Waals surface area (Å²) in [7, 11) is 0. The topological polar surface area (TPSA) is 77.2 Å². The van der Waals surface area contributed by atoms with Crippen molar-refractivity contribution >= 4 is 28.4 Å². The molecule has 0 aliphatic rings. The van der Waals surface area contributed by atoms with E-state index in [0.717, 1.165) is 29.6 Å². The highest BCUT2D eigenvalue weighted by atomic mass is 16.2. The molecule has 2 aromatic carbocycles. The molecule has 0 saturated heterocycles. The van der Waals surface area contributed by atoms with Crippen LogP contribution in [0, 0.1) is 6.92 Å². The average molecular weight is 407 g/mol. The van der Waals surface area contributed by atoms with Crippen LogP contribution in [0.15, 0.2) is 54.7 Å². The summed E-state index contributed by atoms with van der Waals surface area (Å²) < 4.78 is 0. The number of nitrogens with zero attached hydrogens (tertiary/aromatic N) is 1. The predicted molar refractivity (Wildman–Crippen MR) is 122 cm³/mol. The van der Waals surface area contributed by atoms with Crippen LogP contribution in [0.5, 0.6) is 0 Å². The summed E-state index contributed by atoms with van der Waals surface area (Å²) in [6.07, 6.45) is 3.63. The number of anilines is 1. The largest absolute Gasteiger partial charge is 0.361 e. The number of para-hydroxylation sites is 2. The molecule has 3 N–H and O–H groups in total. The maximum absolute atomic E-state index is 12.4. The molecule has 158 valence electrons. The molecule has 0 spiro atoms. The zero-order valence-corrected chi connectivity index (χ0v) is 17.7. The summed E-state index contributed by atoms with van der Waals surface area (Å²) in [5.41, 5.74) is 4.12. The number of fused-ring (bicyclic) bond motifs is 1. The molecule has 0 fully saturated rings. The highest BCUT2D eigenvalue weighted by Crippen LogP contribution is 2.17. The number of aromatic amines is 1. The first kappa shape index (κ1) is 21.6. The van der Waals surface area contributed by atoms with E-state index < -0.39 is 0 Å². The second-order valence-electron chi connectivity index (χ2n) is 7.53. The van der Waals surface area contributed by atoms with Crippen molar-refractivity contribution < 1.29 is 9.59 Å². The van der Waals surface area contributed by atoms with Gasteiger partial charge in [-0.15, -0.1) is 0 Å². The second kappa shape index (κ2) is 10.6. The van der Waals surface area contributed by atoms with Crippen molar-refractivity contribution in [3.8, 4) is 0 Å². The Morgan fingerprint density at radius 1 is 1.00 bits per heavy atom. The fourth-order valence-corrected chi connectivity index (χ4v) is 3.57. The van der Waals surface area contributed by atoms with Gasteiger partial charge < -0.3 is 15.6 Å². The first-order valence-electron chi connectivity index (χ1n) is 10.5. The van der Waals surface area contributed by atoms with Gasteiger partial charge in [-0.3, -0.25) is 14.5 Å². The molecule has 0 aliphatic carbocycles. The van der Waals surface area contributed by atoms with Gasteiger partial charge in [-0.05, 0) is 49.6 Å². The minimum absolute atomic E-state index is 0.0630. The van der Waals surface area contributed by atoms with E-state index in [1.807, 2.05) is 67.4 Å². The fourth-order valence-electron chi connectivity index (χ4n) is 3.57. The minimum atomic E-state index is -0.107. The van der Waals surface area contributed by atoms with Crippen LogP contribution in [0.2, 0.25) is 0 Å². The number of H-pyrrole nitrogens is 1. The Hall–Kier alpha value is -3.12. The second-order valence-corrected chi connectivity index (χ2v) is 7.53. The van der Waals surface area contributed by atoms with Crippen molar-refractivity contribution in [2.24, 2.45) is 0 Å². The van der Waals surface area contributed by atoms with Crippen LogP contribution in [0.3, 0.4) is 0 Å². The van der Waals surface area contributed by atoms with Crippen molar-refractivity contribution in [2.45, 2.75) is 26.7 Å². The van der Waals surface area contributed by atoms with Gasteiger partial charge in [0.1, 0.15) is 0 Å². The maximum atomic E-state index is 12.4. The molecule has 0 radical (unpaired) electrons. The van der Waals surface area contributed by atoms with Crippen LogP contribution in [0.1, 0.15) is 24.5 Å². The number of amides is 2. The molecular formula is C24H30N4O2. The summed E-state index contributed by atoms with van der Waals surface area (Å²) in [6.45, 7) is 5.66. The number of hydrogen-bond donors (Lipinski definition) is 3. The summed E-state index contributed by atoms with van der Waals surface area (Å²) in [5, 5.41) is 7.10. The van der Waals surface area contributed by atoms with Gasteiger partial charge in [0.05, 0.1) is 13.1 Å². The molecule has 3 aromatic rings. The molecule has 0 aliphatic heterocycles. The number of carbonyl (C=O) groups is 2. The van der Waals surface area contributed by atoms with E-state index in [-0.39, 0.29) is 24.9 Å². The summed E-state index contributed by atoms with van der Waals surface area (Å²) in [4.78, 5) is 30.0. The standard InChI is InChI=1S/C24H30N4O2/c1-3-14-28(17-24(30)27-21-10-6-4-8-18(21)2)16-23(29)25-13-12-19-15-26-22-11-7-5-9-20(19)22/h4-11,15,26H,3,12-14,16-17H2,1-2H3,(H,25,29)(H,27,30). The van der Waals surface area contributed by atoms with Crippen molar-refractivity contribution in [2.75, 3.05) is 31.5 Å². The number of hydrogen-bond acceptors (Lipinski definition) is 3. The van der Waals surface area contributed by atoms with Crippen molar-refractivity contribution in [1.29, 1.82) is 0 Å². The van der Waals surface area contributed by atoms with E-state index in [1.54, 1.807) is 0 Å². The van der Waals surface area contributed by atoms with Gasteiger partial charge in [0, 0.05) is 29.3 Å². The van der Waals surface area contributed by atoms with Crippen molar-refractivity contribution in [3.63, 3.8) is 0 Å². The van der Waals surface area contributed by atoms with Crippen molar-refractivity contribution in [1.82, 2.24) is 15.2 Å². The lowest BCUT2D eigenvalue weighted by molar-refractivity contribution is -0.123. The van der Waals surface area contributed by atoms with E-state index in [0.29, 0.717) is 13.1 Å². The van der Waals surface area contributed by atoms with Crippen LogP contribution in [0.25, 0.3) is 10.9 Å². The summed E-state index contributed by atoms with van der Waals surface area (Å²) in [5.74, 6) is -0.170. The van der Waals surface area contributed by atoms with Gasteiger partial charge in [0.25, 0.3) is 0 Å². The van der Waals surface area contributed by atoms with Gasteiger partial charge >= 0.3 is 0 Å². The third-order valence-electron chi connectivity index (χ3n) is 5.08. The van der Waals surface area contributed by atoms with Gasteiger partial charge in [-0.1, -0.05) is 43.3 Å². The third kappa shape index (κ3) is 5.94. The molecular weight excluding hydrogens is 376 g/mol. The predicted octanol–water partition coefficient (Wildman–Crippen LogP) is 3.49. The normalized spacial score (nSPS) is 11.0. The molecule has 0 unspecified atom stereocenters. The summed E-state index contributed by atoms with van der Waals surface area (Å²) >= 11 is 0. The Bertz CT molecular complexity index is 996. The Kier molecular flexibility index (Phi) is 7.63. The molecule has 0 saturated carbocycles. The Balaban J connectivity index is 1.47. The fraction of sp³-hybridized carbons (Fsp3) is 0.333. The lowest BCUT2D eigenvalue weighted by atomic mass is 10.1. The SMILES string of the molecule is CCCN(CC(=O)NCCc1c[nH]c2ccccc12)CC(=O)Nc1ccccc1C. The van der Waals surface area contributed by atoms with Crippen LogP contribution in [-0.2, 0) is 16.0 Å². The Labute approximate surface area is 177 Å². The van der Waals surface area contributed by atoms with Gasteiger partial charge in [-0.25, -0.2) is 0 Å². The van der Waals surface area contributed by atoms with Gasteiger partial charge in [-0.2, -0.15) is 0 Å². The first-order valence-corrected chi connectivity index (χ1v) is 10.5. The molecule has 2 amide bonds. The molecule has 1 aromatic heterocycles. The third-order valence-corrected chi connectivity index (χ3v) is 5.08. The van der Waals surface area contributed by atoms with E-state index >= 15 is 0 Å². The van der Waals surface area contributed by atoms with Gasteiger partial charge in [0.2, 0.25) is 11.8 Å². The molecule has 0 atom stereocenters. The smallest absolute Gasteiger partial charge is 0.238 e. The highest BCUT2D eigenvalue weighted by molar-refractivity contribution is 5.93. The highest BCUT2D eigenvalue weighted by Gasteiger charge is 2.14. The summed E-state index contributed by atoms with van der Waals surface area (Å²) in [6, 6.07) is 15.8. The molecule has 3 rings (SSSR count). The Morgan fingerprint density at radius 3 is 2.53 bits per heavy atom. The molecule has 0 bridgehead atoms.